The summed E-state index contributed by atoms with van der Waals surface area (Å²) in [7, 11) is 1.53. The molecule has 0 aliphatic carbocycles. The Kier molecular flexibility index (Phi) is 5.23. The van der Waals surface area contributed by atoms with Crippen LogP contribution in [-0.4, -0.2) is 47.8 Å². The molecule has 9 nitrogen and oxygen atoms in total. The topological polar surface area (TPSA) is 126 Å². The number of nitrogens with one attached hydrogen (secondary N) is 1. The van der Waals surface area contributed by atoms with E-state index in [1.807, 2.05) is 13.0 Å². The molecule has 9 heteroatoms. The fraction of sp³-hybridized carbons (Fsp3) is 0.381. The van der Waals surface area contributed by atoms with Crippen LogP contribution in [-0.2, 0) is 4.79 Å². The second kappa shape index (κ2) is 7.99. The molecule has 156 valence electrons. The van der Waals surface area contributed by atoms with Gasteiger partial charge in [-0.15, -0.1) is 5.10 Å². The van der Waals surface area contributed by atoms with Gasteiger partial charge in [0.15, 0.2) is 18.1 Å². The Morgan fingerprint density at radius 3 is 2.87 bits per heavy atom. The van der Waals surface area contributed by atoms with Crippen molar-refractivity contribution < 1.29 is 19.0 Å². The molecule has 1 aromatic carbocycles. The molecule has 1 unspecified atom stereocenters. The van der Waals surface area contributed by atoms with E-state index in [9.17, 15) is 10.1 Å². The fourth-order valence-electron chi connectivity index (χ4n) is 3.91. The fourth-order valence-corrected chi connectivity index (χ4v) is 3.91. The molecule has 4 rings (SSSR count). The van der Waals surface area contributed by atoms with Crippen LogP contribution in [0, 0.1) is 18.3 Å². The van der Waals surface area contributed by atoms with Crippen LogP contribution in [0.4, 0.5) is 0 Å². The molecule has 1 amide bonds. The molecule has 3 heterocycles. The molecule has 1 aromatic heterocycles. The van der Waals surface area contributed by atoms with Gasteiger partial charge in [-0.3, -0.25) is 9.89 Å². The summed E-state index contributed by atoms with van der Waals surface area (Å²) in [5, 5.41) is 16.7. The maximum absolute atomic E-state index is 12.3. The van der Waals surface area contributed by atoms with Crippen LogP contribution in [0.15, 0.2) is 29.7 Å². The smallest absolute Gasteiger partial charge is 0.260 e. The van der Waals surface area contributed by atoms with Gasteiger partial charge in [-0.25, -0.2) is 0 Å². The first-order valence-corrected chi connectivity index (χ1v) is 9.74. The minimum atomic E-state index is -0.452. The highest BCUT2D eigenvalue weighted by atomic mass is 16.5. The van der Waals surface area contributed by atoms with Crippen LogP contribution in [0.5, 0.6) is 17.4 Å². The van der Waals surface area contributed by atoms with Gasteiger partial charge >= 0.3 is 0 Å². The predicted molar refractivity (Wildman–Crippen MR) is 107 cm³/mol. The van der Waals surface area contributed by atoms with Gasteiger partial charge in [0.2, 0.25) is 11.8 Å². The number of carbonyl (C=O) groups excluding carboxylic acids is 1. The molecule has 1 saturated heterocycles. The normalized spacial score (nSPS) is 17.9. The number of likely N-dealkylation sites (tertiary alicyclic amines) is 1. The van der Waals surface area contributed by atoms with Crippen molar-refractivity contribution >= 4 is 5.91 Å². The average molecular weight is 409 g/mol. The first kappa shape index (κ1) is 19.6. The van der Waals surface area contributed by atoms with Crippen molar-refractivity contribution in [1.82, 2.24) is 15.1 Å². The summed E-state index contributed by atoms with van der Waals surface area (Å²) in [5.41, 5.74) is 8.57. The number of aromatic amines is 1. The van der Waals surface area contributed by atoms with E-state index in [0.29, 0.717) is 23.0 Å². The van der Waals surface area contributed by atoms with Gasteiger partial charge in [-0.05, 0) is 37.5 Å². The summed E-state index contributed by atoms with van der Waals surface area (Å²) in [6, 6.07) is 7.50. The summed E-state index contributed by atoms with van der Waals surface area (Å²) in [5.74, 6) is 0.810. The highest BCUT2D eigenvalue weighted by Crippen LogP contribution is 2.44. The number of H-pyrrole nitrogens is 1. The predicted octanol–water partition coefficient (Wildman–Crippen LogP) is 1.95. The Morgan fingerprint density at radius 2 is 2.17 bits per heavy atom. The van der Waals surface area contributed by atoms with E-state index < -0.39 is 5.92 Å². The number of benzene rings is 1. The molecule has 3 N–H and O–H groups in total. The largest absolute Gasteiger partial charge is 0.493 e. The van der Waals surface area contributed by atoms with Crippen molar-refractivity contribution in [2.75, 3.05) is 26.8 Å². The molecule has 0 spiro atoms. The van der Waals surface area contributed by atoms with E-state index in [2.05, 4.69) is 16.3 Å². The number of aryl methyl sites for hydroxylation is 1. The zero-order chi connectivity index (χ0) is 21.3. The quantitative estimate of drug-likeness (QED) is 0.773. The Balaban J connectivity index is 1.63. The SMILES string of the molecule is COc1cc(C2C(C#N)=C(N)Oc3n[nH]c(C)c32)ccc1OCC(=O)N1CCCC1. The number of nitrogens with two attached hydrogens (primary N) is 1. The van der Waals surface area contributed by atoms with E-state index in [0.717, 1.165) is 42.8 Å². The Morgan fingerprint density at radius 1 is 1.40 bits per heavy atom. The van der Waals surface area contributed by atoms with Crippen LogP contribution < -0.4 is 19.9 Å². The number of carbonyl (C=O) groups is 1. The van der Waals surface area contributed by atoms with E-state index in [1.54, 1.807) is 17.0 Å². The van der Waals surface area contributed by atoms with Crippen molar-refractivity contribution in [3.05, 3.63) is 46.5 Å². The minimum Gasteiger partial charge on any atom is -0.493 e. The van der Waals surface area contributed by atoms with E-state index in [1.165, 1.54) is 7.11 Å². The second-order valence-electron chi connectivity index (χ2n) is 7.28. The van der Waals surface area contributed by atoms with Gasteiger partial charge in [0.1, 0.15) is 11.6 Å². The van der Waals surface area contributed by atoms with Crippen LogP contribution in [0.3, 0.4) is 0 Å². The third-order valence-electron chi connectivity index (χ3n) is 5.46. The zero-order valence-corrected chi connectivity index (χ0v) is 16.9. The molecule has 30 heavy (non-hydrogen) atoms. The first-order chi connectivity index (χ1) is 14.5. The molecule has 2 aliphatic heterocycles. The third kappa shape index (κ3) is 3.41. The lowest BCUT2D eigenvalue weighted by Crippen LogP contribution is -2.32. The summed E-state index contributed by atoms with van der Waals surface area (Å²) in [6.45, 7) is 3.36. The molecular formula is C21H23N5O4. The molecule has 1 atom stereocenters. The average Bonchev–Trinajstić information content (AvgIpc) is 3.41. The van der Waals surface area contributed by atoms with Gasteiger partial charge in [0.25, 0.3) is 5.91 Å². The molecule has 0 radical (unpaired) electrons. The van der Waals surface area contributed by atoms with Crippen LogP contribution in [0.1, 0.15) is 35.6 Å². The molecular weight excluding hydrogens is 386 g/mol. The Hall–Kier alpha value is -3.67. The number of methoxy groups -OCH3 is 1. The van der Waals surface area contributed by atoms with E-state index in [-0.39, 0.29) is 18.4 Å². The highest BCUT2D eigenvalue weighted by Gasteiger charge is 2.34. The van der Waals surface area contributed by atoms with Crippen molar-refractivity contribution in [1.29, 1.82) is 5.26 Å². The maximum Gasteiger partial charge on any atom is 0.260 e. The minimum absolute atomic E-state index is 0.0250. The number of nitriles is 1. The number of hydrogen-bond acceptors (Lipinski definition) is 7. The Bertz CT molecular complexity index is 1050. The zero-order valence-electron chi connectivity index (χ0n) is 16.9. The number of rotatable bonds is 5. The first-order valence-electron chi connectivity index (χ1n) is 9.74. The molecule has 1 fully saturated rings. The number of aromatic nitrogens is 2. The van der Waals surface area contributed by atoms with Crippen LogP contribution >= 0.6 is 0 Å². The molecule has 0 bridgehead atoms. The summed E-state index contributed by atoms with van der Waals surface area (Å²) in [6.07, 6.45) is 2.06. The van der Waals surface area contributed by atoms with Gasteiger partial charge in [-0.2, -0.15) is 5.26 Å². The van der Waals surface area contributed by atoms with Gasteiger partial charge in [0.05, 0.1) is 13.0 Å². The van der Waals surface area contributed by atoms with Crippen molar-refractivity contribution in [3.63, 3.8) is 0 Å². The molecule has 0 saturated carbocycles. The standard InChI is InChI=1S/C21H23N5O4/c1-12-18-19(14(10-22)20(23)30-21(18)25-24-12)13-5-6-15(16(9-13)28-2)29-11-17(27)26-7-3-4-8-26/h5-6,9,19H,3-4,7-8,11,23H2,1-2H3,(H,24,25). The van der Waals surface area contributed by atoms with Crippen LogP contribution in [0.25, 0.3) is 0 Å². The maximum atomic E-state index is 12.3. The summed E-state index contributed by atoms with van der Waals surface area (Å²) < 4.78 is 16.7. The van der Waals surface area contributed by atoms with Gasteiger partial charge in [-0.1, -0.05) is 6.07 Å². The Labute approximate surface area is 174 Å². The number of fused-ring (bicyclic) bond motifs is 1. The van der Waals surface area contributed by atoms with Crippen molar-refractivity contribution in [2.24, 2.45) is 5.73 Å². The van der Waals surface area contributed by atoms with E-state index >= 15 is 0 Å². The molecule has 2 aromatic rings. The lowest BCUT2D eigenvalue weighted by Gasteiger charge is -2.24. The second-order valence-corrected chi connectivity index (χ2v) is 7.28. The summed E-state index contributed by atoms with van der Waals surface area (Å²) >= 11 is 0. The highest BCUT2D eigenvalue weighted by molar-refractivity contribution is 5.78. The molecule has 2 aliphatic rings. The number of hydrogen-bond donors (Lipinski definition) is 2. The van der Waals surface area contributed by atoms with Crippen molar-refractivity contribution in [3.8, 4) is 23.4 Å². The number of nitrogens with zero attached hydrogens (tertiary/aromatic N) is 3. The number of ether oxygens (including phenoxy) is 3. The number of amides is 1. The van der Waals surface area contributed by atoms with Gasteiger partial charge in [0, 0.05) is 24.3 Å². The monoisotopic (exact) mass is 409 g/mol. The lowest BCUT2D eigenvalue weighted by molar-refractivity contribution is -0.132. The van der Waals surface area contributed by atoms with Crippen LogP contribution in [0.2, 0.25) is 0 Å². The summed E-state index contributed by atoms with van der Waals surface area (Å²) in [4.78, 5) is 14.1. The number of allylic oxidation sites excluding steroid dienone is 1. The van der Waals surface area contributed by atoms with Gasteiger partial charge < -0.3 is 24.8 Å². The van der Waals surface area contributed by atoms with Crippen molar-refractivity contribution in [2.45, 2.75) is 25.7 Å². The van der Waals surface area contributed by atoms with E-state index in [4.69, 9.17) is 19.9 Å². The third-order valence-corrected chi connectivity index (χ3v) is 5.46. The lowest BCUT2D eigenvalue weighted by atomic mass is 9.84.